The number of piperidine rings is 1. The number of quaternary nitrogens is 1. The summed E-state index contributed by atoms with van der Waals surface area (Å²) in [5, 5.41) is 1.62. The van der Waals surface area contributed by atoms with Gasteiger partial charge in [0, 0.05) is 19.4 Å². The molecule has 46 valence electrons. The summed E-state index contributed by atoms with van der Waals surface area (Å²) < 4.78 is 0. The van der Waals surface area contributed by atoms with Crippen LogP contribution in [0, 0.1) is 5.92 Å². The molecule has 2 heteroatoms. The minimum atomic E-state index is 1.02. The van der Waals surface area contributed by atoms with Gasteiger partial charge in [-0.3, -0.25) is 5.01 Å². The monoisotopic (exact) mass is 113 g/mol. The standard InChI is InChI=1S/C6H12N2/c1-3-8-4-2-6(1)5-7-8/h6-7H,1-5H2/p+1. The fourth-order valence-electron chi connectivity index (χ4n) is 1.70. The number of nitrogens with one attached hydrogen (secondary N) is 2. The molecule has 0 aliphatic carbocycles. The molecule has 3 heterocycles. The molecule has 3 aliphatic rings. The Morgan fingerprint density at radius 1 is 1.25 bits per heavy atom. The van der Waals surface area contributed by atoms with Gasteiger partial charge in [-0.2, -0.15) is 5.43 Å². The van der Waals surface area contributed by atoms with Crippen LogP contribution in [0.4, 0.5) is 0 Å². The van der Waals surface area contributed by atoms with Crippen LogP contribution in [-0.4, -0.2) is 19.6 Å². The molecule has 0 saturated carbocycles. The Kier molecular flexibility index (Phi) is 1.02. The van der Waals surface area contributed by atoms with E-state index in [1.54, 1.807) is 5.01 Å². The Morgan fingerprint density at radius 3 is 2.12 bits per heavy atom. The summed E-state index contributed by atoms with van der Waals surface area (Å²) in [7, 11) is 0. The molecule has 0 atom stereocenters. The average molecular weight is 113 g/mol. The van der Waals surface area contributed by atoms with Crippen molar-refractivity contribution in [1.82, 2.24) is 5.43 Å². The maximum atomic E-state index is 3.44. The first-order valence-electron chi connectivity index (χ1n) is 3.54. The molecule has 0 aromatic carbocycles. The van der Waals surface area contributed by atoms with Crippen molar-refractivity contribution in [2.75, 3.05) is 19.6 Å². The molecule has 2 bridgehead atoms. The van der Waals surface area contributed by atoms with Crippen molar-refractivity contribution in [3.63, 3.8) is 0 Å². The zero-order valence-electron chi connectivity index (χ0n) is 5.11. The van der Waals surface area contributed by atoms with E-state index in [0.717, 1.165) is 5.92 Å². The van der Waals surface area contributed by atoms with Gasteiger partial charge in [0.1, 0.15) is 0 Å². The maximum Gasteiger partial charge on any atom is 0.0949 e. The van der Waals surface area contributed by atoms with E-state index < -0.39 is 0 Å². The van der Waals surface area contributed by atoms with Crippen LogP contribution in [-0.2, 0) is 0 Å². The van der Waals surface area contributed by atoms with Gasteiger partial charge < -0.3 is 0 Å². The van der Waals surface area contributed by atoms with Crippen molar-refractivity contribution >= 4 is 0 Å². The SMILES string of the molecule is C1C[NH+]2CCC1CN2. The van der Waals surface area contributed by atoms with Gasteiger partial charge in [0.2, 0.25) is 0 Å². The highest BCUT2D eigenvalue weighted by Crippen LogP contribution is 2.09. The number of rotatable bonds is 0. The van der Waals surface area contributed by atoms with Crippen molar-refractivity contribution < 1.29 is 5.01 Å². The van der Waals surface area contributed by atoms with Crippen LogP contribution in [0.15, 0.2) is 0 Å². The van der Waals surface area contributed by atoms with E-state index in [9.17, 15) is 0 Å². The van der Waals surface area contributed by atoms with Crippen LogP contribution >= 0.6 is 0 Å². The molecule has 3 fully saturated rings. The number of hydrogen-bond donors (Lipinski definition) is 2. The van der Waals surface area contributed by atoms with E-state index in [-0.39, 0.29) is 0 Å². The van der Waals surface area contributed by atoms with Gasteiger partial charge in [0.05, 0.1) is 13.1 Å². The smallest absolute Gasteiger partial charge is 0.0949 e. The predicted molar refractivity (Wildman–Crippen MR) is 31.4 cm³/mol. The Bertz CT molecular complexity index is 61.5. The van der Waals surface area contributed by atoms with Crippen LogP contribution in [0.1, 0.15) is 12.8 Å². The van der Waals surface area contributed by atoms with E-state index in [1.165, 1.54) is 32.5 Å². The summed E-state index contributed by atoms with van der Waals surface area (Å²) in [4.78, 5) is 0. The van der Waals surface area contributed by atoms with Crippen molar-refractivity contribution in [1.29, 1.82) is 0 Å². The summed E-state index contributed by atoms with van der Waals surface area (Å²) in [5.41, 5.74) is 3.44. The van der Waals surface area contributed by atoms with Gasteiger partial charge in [-0.25, -0.2) is 0 Å². The van der Waals surface area contributed by atoms with Gasteiger partial charge >= 0.3 is 0 Å². The molecule has 0 radical (unpaired) electrons. The summed E-state index contributed by atoms with van der Waals surface area (Å²) in [6.07, 6.45) is 2.92. The lowest BCUT2D eigenvalue weighted by Crippen LogP contribution is -3.21. The molecule has 3 saturated heterocycles. The highest BCUT2D eigenvalue weighted by atomic mass is 15.5. The quantitative estimate of drug-likeness (QED) is 0.403. The van der Waals surface area contributed by atoms with Crippen molar-refractivity contribution in [2.24, 2.45) is 5.92 Å². The highest BCUT2D eigenvalue weighted by molar-refractivity contribution is 4.65. The molecule has 0 unspecified atom stereocenters. The fraction of sp³-hybridized carbons (Fsp3) is 1.00. The molecule has 2 nitrogen and oxygen atoms in total. The summed E-state index contributed by atoms with van der Waals surface area (Å²) in [5.74, 6) is 1.02. The highest BCUT2D eigenvalue weighted by Gasteiger charge is 2.27. The van der Waals surface area contributed by atoms with Crippen LogP contribution in [0.3, 0.4) is 0 Å². The van der Waals surface area contributed by atoms with Crippen LogP contribution < -0.4 is 10.4 Å². The molecule has 0 aromatic heterocycles. The first-order valence-corrected chi connectivity index (χ1v) is 3.54. The summed E-state index contributed by atoms with van der Waals surface area (Å²) >= 11 is 0. The van der Waals surface area contributed by atoms with Crippen molar-refractivity contribution in [3.8, 4) is 0 Å². The predicted octanol–water partition coefficient (Wildman–Crippen LogP) is -1.20. The lowest BCUT2D eigenvalue weighted by atomic mass is 9.96. The molecule has 0 amide bonds. The Balaban J connectivity index is 2.03. The Hall–Kier alpha value is -0.0800. The van der Waals surface area contributed by atoms with Crippen LogP contribution in [0.5, 0.6) is 0 Å². The largest absolute Gasteiger partial charge is 0.257 e. The fourth-order valence-corrected chi connectivity index (χ4v) is 1.70. The molecular weight excluding hydrogens is 100 g/mol. The van der Waals surface area contributed by atoms with Gasteiger partial charge in [-0.15, -0.1) is 0 Å². The second-order valence-electron chi connectivity index (χ2n) is 2.93. The summed E-state index contributed by atoms with van der Waals surface area (Å²) in [6.45, 7) is 4.00. The van der Waals surface area contributed by atoms with Gasteiger partial charge in [0.25, 0.3) is 0 Å². The number of hydrogen-bond acceptors (Lipinski definition) is 1. The maximum absolute atomic E-state index is 3.44. The topological polar surface area (TPSA) is 16.5 Å². The molecule has 3 aliphatic heterocycles. The normalized spacial score (nSPS) is 45.0. The Morgan fingerprint density at radius 2 is 2.00 bits per heavy atom. The third-order valence-corrected chi connectivity index (χ3v) is 2.35. The molecule has 2 N–H and O–H groups in total. The van der Waals surface area contributed by atoms with E-state index in [0.29, 0.717) is 0 Å². The minimum absolute atomic E-state index is 1.02. The van der Waals surface area contributed by atoms with Crippen molar-refractivity contribution in [2.45, 2.75) is 12.8 Å². The summed E-state index contributed by atoms with van der Waals surface area (Å²) in [6, 6.07) is 0. The third-order valence-electron chi connectivity index (χ3n) is 2.35. The van der Waals surface area contributed by atoms with Gasteiger partial charge in [-0.05, 0) is 5.92 Å². The zero-order valence-corrected chi connectivity index (χ0v) is 5.11. The molecule has 0 spiro atoms. The van der Waals surface area contributed by atoms with Crippen molar-refractivity contribution in [3.05, 3.63) is 0 Å². The molecular formula is C6H13N2+. The lowest BCUT2D eigenvalue weighted by molar-refractivity contribution is -0.960. The van der Waals surface area contributed by atoms with Gasteiger partial charge in [-0.1, -0.05) is 0 Å². The van der Waals surface area contributed by atoms with E-state index >= 15 is 0 Å². The second kappa shape index (κ2) is 1.71. The average Bonchev–Trinajstić information content (AvgIpc) is 1.92. The van der Waals surface area contributed by atoms with E-state index in [2.05, 4.69) is 5.43 Å². The lowest BCUT2D eigenvalue weighted by Gasteiger charge is -2.35. The first kappa shape index (κ1) is 4.77. The Labute approximate surface area is 49.8 Å². The van der Waals surface area contributed by atoms with Gasteiger partial charge in [0.15, 0.2) is 0 Å². The molecule has 0 aromatic rings. The van der Waals surface area contributed by atoms with E-state index in [4.69, 9.17) is 0 Å². The third kappa shape index (κ3) is 0.644. The molecule has 8 heavy (non-hydrogen) atoms. The molecule has 3 rings (SSSR count). The minimum Gasteiger partial charge on any atom is -0.257 e. The zero-order chi connectivity index (χ0) is 5.40. The van der Waals surface area contributed by atoms with E-state index in [1.807, 2.05) is 0 Å². The second-order valence-corrected chi connectivity index (χ2v) is 2.93. The number of fused-ring (bicyclic) bond motifs is 3. The van der Waals surface area contributed by atoms with Crippen LogP contribution in [0.2, 0.25) is 0 Å². The first-order chi connectivity index (χ1) is 3.95. The van der Waals surface area contributed by atoms with Crippen LogP contribution in [0.25, 0.3) is 0 Å².